The number of nitrogens with two attached hydrogens (primary N) is 1. The summed E-state index contributed by atoms with van der Waals surface area (Å²) in [6.45, 7) is -0.483. The molecule has 1 aromatic heterocycles. The van der Waals surface area contributed by atoms with Gasteiger partial charge in [-0.25, -0.2) is 4.79 Å². The lowest BCUT2D eigenvalue weighted by Crippen LogP contribution is -2.49. The molecule has 0 saturated carbocycles. The number of aliphatic hydroxyl groups is 2. The molecule has 0 amide bonds. The Kier molecular flexibility index (Phi) is 5.11. The molecule has 1 fully saturated rings. The van der Waals surface area contributed by atoms with Crippen molar-refractivity contribution in [1.82, 2.24) is 9.55 Å². The zero-order chi connectivity index (χ0) is 16.3. The van der Waals surface area contributed by atoms with E-state index in [-0.39, 0.29) is 13.2 Å². The van der Waals surface area contributed by atoms with Crippen molar-refractivity contribution in [3.8, 4) is 0 Å². The Morgan fingerprint density at radius 2 is 2.27 bits per heavy atom. The normalized spacial score (nSPS) is 31.5. The first-order valence-electron chi connectivity index (χ1n) is 6.64. The molecule has 0 spiro atoms. The van der Waals surface area contributed by atoms with Crippen molar-refractivity contribution >= 4 is 0 Å². The third-order valence-corrected chi connectivity index (χ3v) is 3.45. The average Bonchev–Trinajstić information content (AvgIpc) is 2.78. The monoisotopic (exact) mass is 317 g/mol. The average molecular weight is 317 g/mol. The van der Waals surface area contributed by atoms with Gasteiger partial charge in [0.15, 0.2) is 6.23 Å². The fourth-order valence-corrected chi connectivity index (χ4v) is 2.36. The molecule has 124 valence electrons. The Balaban J connectivity index is 2.39. The van der Waals surface area contributed by atoms with Crippen LogP contribution in [0.2, 0.25) is 0 Å². The lowest BCUT2D eigenvalue weighted by Gasteiger charge is -2.29. The molecular formula is C12H19N3O7. The zero-order valence-electron chi connectivity index (χ0n) is 12.0. The van der Waals surface area contributed by atoms with Crippen LogP contribution in [0, 0.1) is 0 Å². The van der Waals surface area contributed by atoms with Gasteiger partial charge in [0.05, 0.1) is 6.61 Å². The van der Waals surface area contributed by atoms with E-state index in [2.05, 4.69) is 4.98 Å². The third-order valence-electron chi connectivity index (χ3n) is 3.45. The Labute approximate surface area is 125 Å². The molecule has 0 aromatic carbocycles. The smallest absolute Gasteiger partial charge is 0.330 e. The quantitative estimate of drug-likeness (QED) is 0.437. The van der Waals surface area contributed by atoms with Crippen LogP contribution < -0.4 is 17.0 Å². The Morgan fingerprint density at radius 1 is 1.55 bits per heavy atom. The number of aliphatic hydroxyl groups excluding tert-OH is 2. The highest BCUT2D eigenvalue weighted by Gasteiger charge is 2.57. The topological polar surface area (TPSA) is 149 Å². The number of hydrogen-bond donors (Lipinski definition) is 4. The SMILES string of the molecule is COC1[C@H](n2ccc(=O)[nH]c2=O)O[C@@](CO)(OCCN)[C@@H]1O. The Hall–Kier alpha value is -1.56. The fourth-order valence-electron chi connectivity index (χ4n) is 2.36. The molecule has 0 aliphatic carbocycles. The lowest BCUT2D eigenvalue weighted by atomic mass is 10.1. The van der Waals surface area contributed by atoms with Crippen molar-refractivity contribution in [3.05, 3.63) is 33.1 Å². The third kappa shape index (κ3) is 2.84. The van der Waals surface area contributed by atoms with E-state index >= 15 is 0 Å². The van der Waals surface area contributed by atoms with E-state index in [1.54, 1.807) is 0 Å². The largest absolute Gasteiger partial charge is 0.391 e. The summed E-state index contributed by atoms with van der Waals surface area (Å²) in [5, 5.41) is 19.9. The van der Waals surface area contributed by atoms with E-state index in [0.29, 0.717) is 0 Å². The molecule has 2 rings (SSSR count). The number of nitrogens with one attached hydrogen (secondary N) is 1. The minimum Gasteiger partial charge on any atom is -0.391 e. The molecule has 10 nitrogen and oxygen atoms in total. The minimum atomic E-state index is -1.76. The molecule has 1 unspecified atom stereocenters. The maximum absolute atomic E-state index is 11.9. The number of H-pyrrole nitrogens is 1. The van der Waals surface area contributed by atoms with Gasteiger partial charge in [0.1, 0.15) is 18.8 Å². The van der Waals surface area contributed by atoms with E-state index in [9.17, 15) is 19.8 Å². The van der Waals surface area contributed by atoms with Crippen molar-refractivity contribution in [2.24, 2.45) is 5.73 Å². The van der Waals surface area contributed by atoms with Gasteiger partial charge in [0.2, 0.25) is 5.79 Å². The van der Waals surface area contributed by atoms with Gasteiger partial charge in [-0.3, -0.25) is 14.3 Å². The summed E-state index contributed by atoms with van der Waals surface area (Å²) in [5.74, 6) is -1.76. The van der Waals surface area contributed by atoms with Gasteiger partial charge < -0.3 is 30.2 Å². The van der Waals surface area contributed by atoms with Crippen LogP contribution >= 0.6 is 0 Å². The van der Waals surface area contributed by atoms with E-state index in [1.807, 2.05) is 0 Å². The van der Waals surface area contributed by atoms with Crippen LogP contribution in [-0.4, -0.2) is 64.6 Å². The molecule has 10 heteroatoms. The maximum atomic E-state index is 11.9. The van der Waals surface area contributed by atoms with Gasteiger partial charge in [0.25, 0.3) is 5.56 Å². The van der Waals surface area contributed by atoms with Crippen LogP contribution in [-0.2, 0) is 14.2 Å². The molecule has 1 saturated heterocycles. The van der Waals surface area contributed by atoms with E-state index in [4.69, 9.17) is 19.9 Å². The summed E-state index contributed by atoms with van der Waals surface area (Å²) < 4.78 is 17.1. The van der Waals surface area contributed by atoms with Crippen molar-refractivity contribution in [2.45, 2.75) is 24.2 Å². The second-order valence-corrected chi connectivity index (χ2v) is 4.78. The predicted octanol–water partition coefficient (Wildman–Crippen LogP) is -2.89. The van der Waals surface area contributed by atoms with Gasteiger partial charge in [0, 0.05) is 25.9 Å². The van der Waals surface area contributed by atoms with Crippen molar-refractivity contribution in [2.75, 3.05) is 26.9 Å². The van der Waals surface area contributed by atoms with Crippen LogP contribution in [0.3, 0.4) is 0 Å². The van der Waals surface area contributed by atoms with Crippen LogP contribution in [0.5, 0.6) is 0 Å². The zero-order valence-corrected chi connectivity index (χ0v) is 12.0. The summed E-state index contributed by atoms with van der Waals surface area (Å²) in [7, 11) is 1.32. The second kappa shape index (κ2) is 6.69. The van der Waals surface area contributed by atoms with Gasteiger partial charge >= 0.3 is 5.69 Å². The number of rotatable bonds is 6. The Morgan fingerprint density at radius 3 is 2.82 bits per heavy atom. The maximum Gasteiger partial charge on any atom is 0.330 e. The lowest BCUT2D eigenvalue weighted by molar-refractivity contribution is -0.280. The molecule has 0 radical (unpaired) electrons. The van der Waals surface area contributed by atoms with Crippen LogP contribution in [0.25, 0.3) is 0 Å². The molecule has 1 aromatic rings. The van der Waals surface area contributed by atoms with Gasteiger partial charge in [-0.1, -0.05) is 0 Å². The van der Waals surface area contributed by atoms with Crippen molar-refractivity contribution in [3.63, 3.8) is 0 Å². The van der Waals surface area contributed by atoms with Crippen molar-refractivity contribution < 1.29 is 24.4 Å². The summed E-state index contributed by atoms with van der Waals surface area (Å²) in [6.07, 6.45) is -2.23. The standard InChI is InChI=1S/C12H19N3O7/c1-20-8-9(18)12(6-16,21-5-3-13)22-10(8)15-4-2-7(17)14-11(15)19/h2,4,8-10,16,18H,3,5-6,13H2,1H3,(H,14,17,19)/t8?,9-,10-,12-/m1/s1. The van der Waals surface area contributed by atoms with Gasteiger partial charge in [-0.15, -0.1) is 0 Å². The number of ether oxygens (including phenoxy) is 3. The predicted molar refractivity (Wildman–Crippen MR) is 73.1 cm³/mol. The summed E-state index contributed by atoms with van der Waals surface area (Å²) in [4.78, 5) is 25.1. The molecular weight excluding hydrogens is 298 g/mol. The van der Waals surface area contributed by atoms with Gasteiger partial charge in [-0.05, 0) is 0 Å². The molecule has 5 N–H and O–H groups in total. The molecule has 2 heterocycles. The highest BCUT2D eigenvalue weighted by Crippen LogP contribution is 2.38. The summed E-state index contributed by atoms with van der Waals surface area (Å²) >= 11 is 0. The number of methoxy groups -OCH3 is 1. The highest BCUT2D eigenvalue weighted by atomic mass is 16.7. The van der Waals surface area contributed by atoms with E-state index in [1.165, 1.54) is 13.3 Å². The fraction of sp³-hybridized carbons (Fsp3) is 0.667. The second-order valence-electron chi connectivity index (χ2n) is 4.78. The van der Waals surface area contributed by atoms with E-state index < -0.39 is 42.1 Å². The minimum absolute atomic E-state index is 0.0291. The van der Waals surface area contributed by atoms with Gasteiger partial charge in [-0.2, -0.15) is 0 Å². The number of aromatic amines is 1. The number of nitrogens with zero attached hydrogens (tertiary/aromatic N) is 1. The Bertz CT molecular complexity index is 615. The number of aromatic nitrogens is 2. The number of hydrogen-bond acceptors (Lipinski definition) is 8. The molecule has 4 atom stereocenters. The molecule has 0 bridgehead atoms. The summed E-state index contributed by atoms with van der Waals surface area (Å²) in [5.41, 5.74) is 4.04. The first-order chi connectivity index (χ1) is 10.5. The van der Waals surface area contributed by atoms with Crippen LogP contribution in [0.1, 0.15) is 6.23 Å². The highest BCUT2D eigenvalue weighted by molar-refractivity contribution is 4.98. The first-order valence-corrected chi connectivity index (χ1v) is 6.64. The molecule has 1 aliphatic heterocycles. The first kappa shape index (κ1) is 16.8. The van der Waals surface area contributed by atoms with Crippen LogP contribution in [0.15, 0.2) is 21.9 Å². The summed E-state index contributed by atoms with van der Waals surface area (Å²) in [6, 6.07) is 1.13. The molecule has 1 aliphatic rings. The van der Waals surface area contributed by atoms with Crippen LogP contribution in [0.4, 0.5) is 0 Å². The molecule has 22 heavy (non-hydrogen) atoms. The van der Waals surface area contributed by atoms with Crippen molar-refractivity contribution in [1.29, 1.82) is 0 Å². The van der Waals surface area contributed by atoms with E-state index in [0.717, 1.165) is 10.6 Å².